The van der Waals surface area contributed by atoms with Crippen LogP contribution in [0.4, 0.5) is 0 Å². The number of benzene rings is 1. The first-order chi connectivity index (χ1) is 11.2. The van der Waals surface area contributed by atoms with Gasteiger partial charge in [-0.15, -0.1) is 0 Å². The maximum Gasteiger partial charge on any atom is 0.265 e. The van der Waals surface area contributed by atoms with Crippen LogP contribution >= 0.6 is 0 Å². The van der Waals surface area contributed by atoms with Gasteiger partial charge in [0.1, 0.15) is 0 Å². The van der Waals surface area contributed by atoms with Crippen molar-refractivity contribution in [2.24, 2.45) is 0 Å². The molecule has 0 radical (unpaired) electrons. The maximum absolute atomic E-state index is 13.1. The standard InChI is InChI=1S/C20H16N2O/c1-13-11-15-16(12-14(13)2)19(17-7-3-5-9-21-17)20(23)22-10-6-4-8-18(15)22/h3-12H,1-2H3. The van der Waals surface area contributed by atoms with Crippen molar-refractivity contribution in [1.29, 1.82) is 0 Å². The van der Waals surface area contributed by atoms with Crippen molar-refractivity contribution in [2.75, 3.05) is 0 Å². The summed E-state index contributed by atoms with van der Waals surface area (Å²) in [7, 11) is 0. The molecule has 3 aromatic heterocycles. The highest BCUT2D eigenvalue weighted by Crippen LogP contribution is 2.29. The minimum Gasteiger partial charge on any atom is -0.283 e. The minimum absolute atomic E-state index is 0.0324. The summed E-state index contributed by atoms with van der Waals surface area (Å²) in [5.74, 6) is 0. The van der Waals surface area contributed by atoms with Crippen molar-refractivity contribution in [2.45, 2.75) is 13.8 Å². The first-order valence-electron chi connectivity index (χ1n) is 7.62. The molecule has 0 saturated carbocycles. The van der Waals surface area contributed by atoms with Crippen molar-refractivity contribution in [3.8, 4) is 11.3 Å². The second kappa shape index (κ2) is 5.06. The van der Waals surface area contributed by atoms with E-state index in [9.17, 15) is 4.79 Å². The molecule has 0 saturated heterocycles. The highest BCUT2D eigenvalue weighted by atomic mass is 16.1. The van der Waals surface area contributed by atoms with Gasteiger partial charge in [0.05, 0.1) is 16.8 Å². The van der Waals surface area contributed by atoms with E-state index in [1.807, 2.05) is 42.6 Å². The molecule has 0 amide bonds. The largest absolute Gasteiger partial charge is 0.283 e. The second-order valence-electron chi connectivity index (χ2n) is 5.83. The molecule has 0 aliphatic heterocycles. The summed E-state index contributed by atoms with van der Waals surface area (Å²) in [6.07, 6.45) is 3.54. The fourth-order valence-corrected chi connectivity index (χ4v) is 3.07. The predicted molar refractivity (Wildman–Crippen MR) is 93.9 cm³/mol. The van der Waals surface area contributed by atoms with Gasteiger partial charge in [0.15, 0.2) is 0 Å². The van der Waals surface area contributed by atoms with Crippen LogP contribution in [0.3, 0.4) is 0 Å². The lowest BCUT2D eigenvalue weighted by atomic mass is 9.97. The van der Waals surface area contributed by atoms with Crippen LogP contribution in [0, 0.1) is 13.8 Å². The van der Waals surface area contributed by atoms with E-state index in [-0.39, 0.29) is 5.56 Å². The molecule has 112 valence electrons. The zero-order valence-corrected chi connectivity index (χ0v) is 13.1. The molecule has 4 aromatic rings. The topological polar surface area (TPSA) is 34.4 Å². The van der Waals surface area contributed by atoms with Gasteiger partial charge in [-0.1, -0.05) is 18.2 Å². The molecule has 0 unspecified atom stereocenters. The van der Waals surface area contributed by atoms with Crippen LogP contribution in [0.2, 0.25) is 0 Å². The van der Waals surface area contributed by atoms with Gasteiger partial charge in [-0.3, -0.25) is 14.2 Å². The van der Waals surface area contributed by atoms with E-state index < -0.39 is 0 Å². The number of aryl methyl sites for hydroxylation is 2. The fraction of sp³-hybridized carbons (Fsp3) is 0.100. The third kappa shape index (κ3) is 2.05. The molecule has 4 rings (SSSR count). The number of hydrogen-bond acceptors (Lipinski definition) is 2. The number of hydrogen-bond donors (Lipinski definition) is 0. The Kier molecular flexibility index (Phi) is 3.01. The molecule has 0 aliphatic rings. The monoisotopic (exact) mass is 300 g/mol. The lowest BCUT2D eigenvalue weighted by Gasteiger charge is -2.12. The van der Waals surface area contributed by atoms with Crippen LogP contribution in [0.1, 0.15) is 11.1 Å². The van der Waals surface area contributed by atoms with E-state index in [4.69, 9.17) is 0 Å². The third-order valence-corrected chi connectivity index (χ3v) is 4.39. The minimum atomic E-state index is -0.0324. The Morgan fingerprint density at radius 2 is 1.65 bits per heavy atom. The first kappa shape index (κ1) is 13.7. The molecule has 0 N–H and O–H groups in total. The van der Waals surface area contributed by atoms with Crippen molar-refractivity contribution >= 4 is 16.3 Å². The van der Waals surface area contributed by atoms with Crippen LogP contribution in [0.15, 0.2) is 65.7 Å². The van der Waals surface area contributed by atoms with Gasteiger partial charge < -0.3 is 0 Å². The quantitative estimate of drug-likeness (QED) is 0.495. The zero-order chi connectivity index (χ0) is 16.0. The number of fused-ring (bicyclic) bond motifs is 3. The van der Waals surface area contributed by atoms with Crippen LogP contribution in [0.5, 0.6) is 0 Å². The van der Waals surface area contributed by atoms with Gasteiger partial charge in [0.25, 0.3) is 5.56 Å². The zero-order valence-electron chi connectivity index (χ0n) is 13.1. The molecule has 0 bridgehead atoms. The number of nitrogens with zero attached hydrogens (tertiary/aromatic N) is 2. The highest BCUT2D eigenvalue weighted by molar-refractivity contribution is 6.04. The Morgan fingerprint density at radius 3 is 2.39 bits per heavy atom. The summed E-state index contributed by atoms with van der Waals surface area (Å²) in [6.45, 7) is 4.17. The Bertz CT molecular complexity index is 1100. The van der Waals surface area contributed by atoms with Gasteiger partial charge in [-0.25, -0.2) is 0 Å². The second-order valence-corrected chi connectivity index (χ2v) is 5.83. The van der Waals surface area contributed by atoms with Gasteiger partial charge in [0, 0.05) is 17.8 Å². The van der Waals surface area contributed by atoms with Crippen molar-refractivity contribution < 1.29 is 0 Å². The van der Waals surface area contributed by atoms with Gasteiger partial charge in [-0.2, -0.15) is 0 Å². The summed E-state index contributed by atoms with van der Waals surface area (Å²) >= 11 is 0. The van der Waals surface area contributed by atoms with Crippen molar-refractivity contribution in [3.63, 3.8) is 0 Å². The smallest absolute Gasteiger partial charge is 0.265 e. The number of aromatic nitrogens is 2. The number of pyridine rings is 3. The van der Waals surface area contributed by atoms with Gasteiger partial charge >= 0.3 is 0 Å². The average molecular weight is 300 g/mol. The van der Waals surface area contributed by atoms with E-state index in [2.05, 4.69) is 31.0 Å². The normalized spacial score (nSPS) is 11.2. The van der Waals surface area contributed by atoms with Crippen molar-refractivity contribution in [3.05, 3.63) is 82.4 Å². The van der Waals surface area contributed by atoms with Crippen LogP contribution in [-0.2, 0) is 0 Å². The molecule has 0 atom stereocenters. The van der Waals surface area contributed by atoms with Crippen molar-refractivity contribution in [1.82, 2.24) is 9.38 Å². The van der Waals surface area contributed by atoms with Gasteiger partial charge in [-0.05, 0) is 60.7 Å². The Morgan fingerprint density at radius 1 is 0.913 bits per heavy atom. The summed E-state index contributed by atoms with van der Waals surface area (Å²) in [5, 5.41) is 2.04. The molecule has 0 fully saturated rings. The average Bonchev–Trinajstić information content (AvgIpc) is 2.58. The van der Waals surface area contributed by atoms with E-state index in [0.29, 0.717) is 11.3 Å². The molecule has 3 nitrogen and oxygen atoms in total. The molecule has 0 aliphatic carbocycles. The van der Waals surface area contributed by atoms with E-state index in [1.165, 1.54) is 11.1 Å². The van der Waals surface area contributed by atoms with Gasteiger partial charge in [0.2, 0.25) is 0 Å². The van der Waals surface area contributed by atoms with E-state index >= 15 is 0 Å². The maximum atomic E-state index is 13.1. The Labute approximate surface area is 133 Å². The SMILES string of the molecule is Cc1cc2c(-c3ccccn3)c(=O)n3ccccc3c2cc1C. The lowest BCUT2D eigenvalue weighted by Crippen LogP contribution is -2.16. The molecule has 23 heavy (non-hydrogen) atoms. The molecule has 3 heterocycles. The van der Waals surface area contributed by atoms with E-state index in [0.717, 1.165) is 16.3 Å². The molecule has 0 spiro atoms. The predicted octanol–water partition coefficient (Wildman–Crippen LogP) is 4.13. The Balaban J connectivity index is 2.30. The van der Waals surface area contributed by atoms with E-state index in [1.54, 1.807) is 10.6 Å². The summed E-state index contributed by atoms with van der Waals surface area (Å²) in [4.78, 5) is 17.5. The number of rotatable bonds is 1. The molecular weight excluding hydrogens is 284 g/mol. The molecular formula is C20H16N2O. The lowest BCUT2D eigenvalue weighted by molar-refractivity contribution is 1.10. The summed E-state index contributed by atoms with van der Waals surface area (Å²) in [6, 6.07) is 15.7. The summed E-state index contributed by atoms with van der Waals surface area (Å²) in [5.41, 5.74) is 4.66. The van der Waals surface area contributed by atoms with Crippen LogP contribution in [-0.4, -0.2) is 9.38 Å². The van der Waals surface area contributed by atoms with Crippen LogP contribution < -0.4 is 5.56 Å². The third-order valence-electron chi connectivity index (χ3n) is 4.39. The molecule has 3 heteroatoms. The first-order valence-corrected chi connectivity index (χ1v) is 7.62. The molecule has 1 aromatic carbocycles. The Hall–Kier alpha value is -2.94. The fourth-order valence-electron chi connectivity index (χ4n) is 3.07. The van der Waals surface area contributed by atoms with Crippen LogP contribution in [0.25, 0.3) is 27.5 Å². The highest BCUT2D eigenvalue weighted by Gasteiger charge is 2.15. The summed E-state index contributed by atoms with van der Waals surface area (Å²) < 4.78 is 1.71.